The van der Waals surface area contributed by atoms with Crippen molar-refractivity contribution in [2.45, 2.75) is 38.5 Å². The van der Waals surface area contributed by atoms with Crippen LogP contribution in [0, 0.1) is 0 Å². The van der Waals surface area contributed by atoms with Crippen LogP contribution >= 0.6 is 0 Å². The molecule has 1 aliphatic carbocycles. The molecule has 0 fully saturated rings. The van der Waals surface area contributed by atoms with Crippen LogP contribution in [0.15, 0.2) is 35.9 Å². The van der Waals surface area contributed by atoms with Crippen LogP contribution in [-0.4, -0.2) is 19.1 Å². The first-order chi connectivity index (χ1) is 10.8. The fraction of sp³-hybridized carbons (Fsp3) is 0.421. The summed E-state index contributed by atoms with van der Waals surface area (Å²) in [5, 5.41) is 2.96. The molecule has 0 bridgehead atoms. The Hall–Kier alpha value is -2.03. The predicted molar refractivity (Wildman–Crippen MR) is 88.9 cm³/mol. The summed E-state index contributed by atoms with van der Waals surface area (Å²) in [5.41, 5.74) is 3.77. The highest BCUT2D eigenvalue weighted by Crippen LogP contribution is 2.26. The Morgan fingerprint density at radius 2 is 2.23 bits per heavy atom. The molecule has 116 valence electrons. The van der Waals surface area contributed by atoms with Gasteiger partial charge < -0.3 is 10.1 Å². The number of amides is 1. The Labute approximate surface area is 132 Å². The molecule has 1 aromatic carbocycles. The van der Waals surface area contributed by atoms with Gasteiger partial charge >= 0.3 is 0 Å². The molecule has 22 heavy (non-hydrogen) atoms. The van der Waals surface area contributed by atoms with E-state index in [9.17, 15) is 4.79 Å². The van der Waals surface area contributed by atoms with Crippen LogP contribution in [0.25, 0.3) is 6.08 Å². The highest BCUT2D eigenvalue weighted by molar-refractivity contribution is 5.91. The number of benzene rings is 1. The molecule has 3 rings (SSSR count). The van der Waals surface area contributed by atoms with Gasteiger partial charge in [0.05, 0.1) is 6.61 Å². The lowest BCUT2D eigenvalue weighted by Crippen LogP contribution is -2.22. The summed E-state index contributed by atoms with van der Waals surface area (Å²) in [6, 6.07) is 6.06. The zero-order valence-electron chi connectivity index (χ0n) is 12.9. The van der Waals surface area contributed by atoms with E-state index in [1.54, 1.807) is 6.08 Å². The average Bonchev–Trinajstić information content (AvgIpc) is 3.01. The highest BCUT2D eigenvalue weighted by Gasteiger charge is 2.11. The molecule has 0 radical (unpaired) electrons. The van der Waals surface area contributed by atoms with Gasteiger partial charge in [-0.2, -0.15) is 0 Å². The van der Waals surface area contributed by atoms with Gasteiger partial charge in [-0.25, -0.2) is 0 Å². The summed E-state index contributed by atoms with van der Waals surface area (Å²) in [4.78, 5) is 11.8. The number of rotatable bonds is 5. The number of carbonyl (C=O) groups excluding carboxylic acids is 1. The van der Waals surface area contributed by atoms with E-state index < -0.39 is 0 Å². The molecule has 3 heteroatoms. The van der Waals surface area contributed by atoms with E-state index >= 15 is 0 Å². The molecule has 1 aliphatic heterocycles. The highest BCUT2D eigenvalue weighted by atomic mass is 16.5. The van der Waals surface area contributed by atoms with E-state index in [0.29, 0.717) is 0 Å². The molecule has 0 spiro atoms. The molecule has 0 aromatic heterocycles. The van der Waals surface area contributed by atoms with Crippen molar-refractivity contribution in [3.63, 3.8) is 0 Å². The number of nitrogens with one attached hydrogen (secondary N) is 1. The van der Waals surface area contributed by atoms with E-state index in [0.717, 1.165) is 37.3 Å². The number of ether oxygens (including phenoxy) is 1. The summed E-state index contributed by atoms with van der Waals surface area (Å²) < 4.78 is 5.48. The lowest BCUT2D eigenvalue weighted by molar-refractivity contribution is -0.116. The number of carbonyl (C=O) groups is 1. The predicted octanol–water partition coefficient (Wildman–Crippen LogP) is 3.64. The third kappa shape index (κ3) is 4.00. The third-order valence-corrected chi connectivity index (χ3v) is 4.27. The van der Waals surface area contributed by atoms with Crippen molar-refractivity contribution in [1.29, 1.82) is 0 Å². The van der Waals surface area contributed by atoms with Crippen molar-refractivity contribution in [2.75, 3.05) is 13.2 Å². The minimum atomic E-state index is -0.0202. The Morgan fingerprint density at radius 1 is 1.27 bits per heavy atom. The standard InChI is InChI=1S/C19H23NO2/c21-19(20-12-10-15-4-2-1-3-5-15)9-7-16-6-8-18-17(14-16)11-13-22-18/h4,6-9,14H,1-3,5,10-13H2,(H,20,21)/b9-7+. The van der Waals surface area contributed by atoms with Crippen LogP contribution in [0.1, 0.15) is 43.2 Å². The Balaban J connectivity index is 1.46. The minimum absolute atomic E-state index is 0.0202. The number of fused-ring (bicyclic) bond motifs is 1. The minimum Gasteiger partial charge on any atom is -0.493 e. The maximum atomic E-state index is 11.8. The SMILES string of the molecule is O=C(/C=C/c1ccc2c(c1)CCO2)NCCC1=CCCCC1. The second-order valence-electron chi connectivity index (χ2n) is 5.95. The number of allylic oxidation sites excluding steroid dienone is 1. The molecule has 0 saturated carbocycles. The number of hydrogen-bond acceptors (Lipinski definition) is 2. The first kappa shape index (κ1) is 14.9. The van der Waals surface area contributed by atoms with Gasteiger partial charge in [0.1, 0.15) is 5.75 Å². The Bertz CT molecular complexity index is 601. The molecular weight excluding hydrogens is 274 g/mol. The summed E-state index contributed by atoms with van der Waals surface area (Å²) >= 11 is 0. The molecule has 1 aromatic rings. The molecule has 3 nitrogen and oxygen atoms in total. The van der Waals surface area contributed by atoms with Gasteiger partial charge in [-0.3, -0.25) is 4.79 Å². The summed E-state index contributed by atoms with van der Waals surface area (Å²) in [7, 11) is 0. The molecular formula is C19H23NO2. The average molecular weight is 297 g/mol. The maximum Gasteiger partial charge on any atom is 0.244 e. The Morgan fingerprint density at radius 3 is 3.09 bits per heavy atom. The van der Waals surface area contributed by atoms with E-state index in [1.165, 1.54) is 36.8 Å². The molecule has 0 saturated heterocycles. The van der Waals surface area contributed by atoms with Gasteiger partial charge in [0.2, 0.25) is 5.91 Å². The largest absolute Gasteiger partial charge is 0.493 e. The van der Waals surface area contributed by atoms with Crippen LogP contribution in [0.4, 0.5) is 0 Å². The monoisotopic (exact) mass is 297 g/mol. The number of hydrogen-bond donors (Lipinski definition) is 1. The van der Waals surface area contributed by atoms with E-state index in [4.69, 9.17) is 4.74 Å². The van der Waals surface area contributed by atoms with Crippen LogP contribution in [0.2, 0.25) is 0 Å². The van der Waals surface area contributed by atoms with E-state index in [2.05, 4.69) is 17.5 Å². The van der Waals surface area contributed by atoms with Crippen molar-refractivity contribution >= 4 is 12.0 Å². The quantitative estimate of drug-likeness (QED) is 0.665. The second kappa shape index (κ2) is 7.30. The smallest absolute Gasteiger partial charge is 0.244 e. The normalized spacial score (nSPS) is 17.0. The van der Waals surface area contributed by atoms with Crippen LogP contribution in [-0.2, 0) is 11.2 Å². The first-order valence-electron chi connectivity index (χ1n) is 8.21. The first-order valence-corrected chi connectivity index (χ1v) is 8.21. The fourth-order valence-corrected chi connectivity index (χ4v) is 3.02. The molecule has 1 N–H and O–H groups in total. The molecule has 0 atom stereocenters. The van der Waals surface area contributed by atoms with Gasteiger partial charge in [-0.15, -0.1) is 0 Å². The Kier molecular flexibility index (Phi) is 4.94. The second-order valence-corrected chi connectivity index (χ2v) is 5.95. The lowest BCUT2D eigenvalue weighted by Gasteiger charge is -2.12. The summed E-state index contributed by atoms with van der Waals surface area (Å²) in [5.74, 6) is 0.954. The lowest BCUT2D eigenvalue weighted by atomic mass is 9.97. The van der Waals surface area contributed by atoms with Gasteiger partial charge in [0, 0.05) is 19.0 Å². The maximum absolute atomic E-state index is 11.8. The van der Waals surface area contributed by atoms with Gasteiger partial charge in [0.15, 0.2) is 0 Å². The van der Waals surface area contributed by atoms with E-state index in [-0.39, 0.29) is 5.91 Å². The summed E-state index contributed by atoms with van der Waals surface area (Å²) in [6.45, 7) is 1.49. The molecule has 1 amide bonds. The fourth-order valence-electron chi connectivity index (χ4n) is 3.02. The third-order valence-electron chi connectivity index (χ3n) is 4.27. The van der Waals surface area contributed by atoms with Crippen LogP contribution in [0.3, 0.4) is 0 Å². The van der Waals surface area contributed by atoms with Crippen molar-refractivity contribution in [2.24, 2.45) is 0 Å². The van der Waals surface area contributed by atoms with Gasteiger partial charge in [-0.1, -0.05) is 17.7 Å². The topological polar surface area (TPSA) is 38.3 Å². The van der Waals surface area contributed by atoms with Crippen LogP contribution in [0.5, 0.6) is 5.75 Å². The van der Waals surface area contributed by atoms with Crippen molar-refractivity contribution in [3.05, 3.63) is 47.1 Å². The van der Waals surface area contributed by atoms with Crippen molar-refractivity contribution in [3.8, 4) is 5.75 Å². The van der Waals surface area contributed by atoms with Crippen LogP contribution < -0.4 is 10.1 Å². The molecule has 1 heterocycles. The zero-order chi connectivity index (χ0) is 15.2. The molecule has 2 aliphatic rings. The van der Waals surface area contributed by atoms with E-state index in [1.807, 2.05) is 18.2 Å². The van der Waals surface area contributed by atoms with Crippen molar-refractivity contribution < 1.29 is 9.53 Å². The van der Waals surface area contributed by atoms with Gasteiger partial charge in [0.25, 0.3) is 0 Å². The summed E-state index contributed by atoms with van der Waals surface area (Å²) in [6.07, 6.45) is 12.8. The molecule has 0 unspecified atom stereocenters. The van der Waals surface area contributed by atoms with Crippen molar-refractivity contribution in [1.82, 2.24) is 5.32 Å². The zero-order valence-corrected chi connectivity index (χ0v) is 12.9. The van der Waals surface area contributed by atoms with Gasteiger partial charge in [-0.05, 0) is 61.4 Å².